The third kappa shape index (κ3) is 5.76. The molecule has 3 aromatic carbocycles. The summed E-state index contributed by atoms with van der Waals surface area (Å²) in [5.74, 6) is 2.80. The minimum Gasteiger partial charge on any atom is -0.488 e. The van der Waals surface area contributed by atoms with Crippen molar-refractivity contribution < 1.29 is 9.53 Å². The summed E-state index contributed by atoms with van der Waals surface area (Å²) in [5.41, 5.74) is 4.55. The first-order chi connectivity index (χ1) is 15.0. The van der Waals surface area contributed by atoms with Crippen LogP contribution in [0.3, 0.4) is 0 Å². The number of benzene rings is 3. The molecule has 1 fully saturated rings. The fourth-order valence-electron chi connectivity index (χ4n) is 3.44. The van der Waals surface area contributed by atoms with E-state index in [1.54, 1.807) is 6.21 Å². The molecule has 7 heteroatoms. The van der Waals surface area contributed by atoms with Crippen molar-refractivity contribution in [2.45, 2.75) is 24.0 Å². The molecule has 4 rings (SSSR count). The smallest absolute Gasteiger partial charge is 0.242 e. The van der Waals surface area contributed by atoms with Crippen LogP contribution in [0.5, 0.6) is 5.75 Å². The quantitative estimate of drug-likeness (QED) is 0.334. The zero-order chi connectivity index (χ0) is 21.7. The van der Waals surface area contributed by atoms with Crippen LogP contribution < -0.4 is 10.2 Å². The molecule has 1 heterocycles. The second-order valence-corrected chi connectivity index (χ2v) is 11.3. The second kappa shape index (κ2) is 9.98. The van der Waals surface area contributed by atoms with E-state index < -0.39 is 0 Å². The van der Waals surface area contributed by atoms with Gasteiger partial charge in [-0.15, -0.1) is 23.5 Å². The maximum atomic E-state index is 12.4. The molecule has 0 radical (unpaired) electrons. The molecule has 1 aliphatic heterocycles. The molecule has 160 valence electrons. The van der Waals surface area contributed by atoms with Crippen molar-refractivity contribution in [2.75, 3.05) is 11.5 Å². The van der Waals surface area contributed by atoms with Gasteiger partial charge in [-0.05, 0) is 41.5 Å². The van der Waals surface area contributed by atoms with Crippen molar-refractivity contribution in [1.82, 2.24) is 5.43 Å². The normalized spacial score (nSPS) is 15.4. The molecule has 0 bridgehead atoms. The van der Waals surface area contributed by atoms with Crippen molar-refractivity contribution in [2.24, 2.45) is 5.10 Å². The van der Waals surface area contributed by atoms with Crippen LogP contribution in [0.1, 0.15) is 24.5 Å². The first-order valence-corrected chi connectivity index (χ1v) is 12.4. The van der Waals surface area contributed by atoms with Gasteiger partial charge in [-0.3, -0.25) is 4.79 Å². The number of carbonyl (C=O) groups excluding carboxylic acids is 1. The molecule has 1 amide bonds. The number of hydrogen-bond acceptors (Lipinski definition) is 5. The number of fused-ring (bicyclic) bond motifs is 1. The van der Waals surface area contributed by atoms with Gasteiger partial charge in [0.1, 0.15) is 12.4 Å². The summed E-state index contributed by atoms with van der Waals surface area (Å²) < 4.78 is 6.04. The van der Waals surface area contributed by atoms with E-state index in [4.69, 9.17) is 16.3 Å². The number of hydrogen-bond donors (Lipinski definition) is 1. The van der Waals surface area contributed by atoms with E-state index in [0.717, 1.165) is 33.4 Å². The Labute approximate surface area is 195 Å². The molecule has 1 aliphatic rings. The van der Waals surface area contributed by atoms with E-state index in [0.29, 0.717) is 23.8 Å². The molecular weight excluding hydrogens is 448 g/mol. The second-order valence-electron chi connectivity index (χ2n) is 7.41. The van der Waals surface area contributed by atoms with Gasteiger partial charge in [-0.25, -0.2) is 5.43 Å². The minimum absolute atomic E-state index is 0.0636. The van der Waals surface area contributed by atoms with Gasteiger partial charge in [0.25, 0.3) is 0 Å². The zero-order valence-corrected chi connectivity index (χ0v) is 19.5. The lowest BCUT2D eigenvalue weighted by molar-refractivity contribution is -0.121. The van der Waals surface area contributed by atoms with Crippen LogP contribution in [0.15, 0.2) is 65.8 Å². The molecule has 1 saturated heterocycles. The van der Waals surface area contributed by atoms with E-state index in [2.05, 4.69) is 17.5 Å². The molecule has 3 aromatic rings. The van der Waals surface area contributed by atoms with Crippen LogP contribution >= 0.6 is 35.1 Å². The Balaban J connectivity index is 1.51. The molecule has 0 atom stereocenters. The van der Waals surface area contributed by atoms with Gasteiger partial charge in [-0.1, -0.05) is 54.1 Å². The summed E-state index contributed by atoms with van der Waals surface area (Å²) in [6, 6.07) is 19.6. The molecule has 0 spiro atoms. The molecular formula is C24H23ClN2O2S2. The van der Waals surface area contributed by atoms with E-state index >= 15 is 0 Å². The highest BCUT2D eigenvalue weighted by Crippen LogP contribution is 2.45. The predicted molar refractivity (Wildman–Crippen MR) is 133 cm³/mol. The Kier molecular flexibility index (Phi) is 7.10. The van der Waals surface area contributed by atoms with Gasteiger partial charge in [0.2, 0.25) is 5.91 Å². The molecule has 0 aromatic heterocycles. The number of nitrogens with zero attached hydrogens (tertiary/aromatic N) is 1. The fourth-order valence-corrected chi connectivity index (χ4v) is 6.39. The number of thioether (sulfide) groups is 2. The van der Waals surface area contributed by atoms with Crippen LogP contribution in [0.4, 0.5) is 0 Å². The topological polar surface area (TPSA) is 50.7 Å². The summed E-state index contributed by atoms with van der Waals surface area (Å²) in [6.07, 6.45) is 2.11. The number of amides is 1. The van der Waals surface area contributed by atoms with E-state index in [1.165, 1.54) is 0 Å². The average molecular weight is 471 g/mol. The highest BCUT2D eigenvalue weighted by Gasteiger charge is 2.32. The summed E-state index contributed by atoms with van der Waals surface area (Å²) in [5, 5.41) is 7.05. The standard InChI is InChI=1S/C24H23ClN2O2S2/c1-24(30-12-13-31-24)14-23(28)27-26-15-21-20-5-3-2-4-18(20)8-11-22(21)29-16-17-6-9-19(25)10-7-17/h2-11,15H,12-14,16H2,1H3,(H,27,28). The molecule has 4 nitrogen and oxygen atoms in total. The largest absolute Gasteiger partial charge is 0.488 e. The number of rotatable bonds is 7. The van der Waals surface area contributed by atoms with Crippen molar-refractivity contribution in [1.29, 1.82) is 0 Å². The fraction of sp³-hybridized carbons (Fsp3) is 0.250. The highest BCUT2D eigenvalue weighted by atomic mass is 35.5. The number of hydrazone groups is 1. The molecule has 0 unspecified atom stereocenters. The van der Waals surface area contributed by atoms with E-state index in [1.807, 2.05) is 84.2 Å². The lowest BCUT2D eigenvalue weighted by Gasteiger charge is -2.19. The average Bonchev–Trinajstić information content (AvgIpc) is 3.19. The Bertz CT molecular complexity index is 1100. The molecule has 1 N–H and O–H groups in total. The predicted octanol–water partition coefficient (Wildman–Crippen LogP) is 6.11. The van der Waals surface area contributed by atoms with E-state index in [-0.39, 0.29) is 9.99 Å². The van der Waals surface area contributed by atoms with Crippen LogP contribution in [0.25, 0.3) is 10.8 Å². The Morgan fingerprint density at radius 1 is 1.13 bits per heavy atom. The Hall–Kier alpha value is -2.15. The Morgan fingerprint density at radius 3 is 2.65 bits per heavy atom. The van der Waals surface area contributed by atoms with Crippen molar-refractivity contribution in [3.05, 3.63) is 76.8 Å². The molecule has 0 saturated carbocycles. The minimum atomic E-state index is -0.0791. The van der Waals surface area contributed by atoms with Gasteiger partial charge in [0.15, 0.2) is 0 Å². The third-order valence-electron chi connectivity index (χ3n) is 5.00. The lowest BCUT2D eigenvalue weighted by atomic mass is 10.0. The Morgan fingerprint density at radius 2 is 1.87 bits per heavy atom. The van der Waals surface area contributed by atoms with Crippen molar-refractivity contribution in [3.63, 3.8) is 0 Å². The maximum Gasteiger partial charge on any atom is 0.242 e. The van der Waals surface area contributed by atoms with Crippen LogP contribution in [-0.2, 0) is 11.4 Å². The van der Waals surface area contributed by atoms with Gasteiger partial charge < -0.3 is 4.74 Å². The van der Waals surface area contributed by atoms with Gasteiger partial charge in [0.05, 0.1) is 16.7 Å². The lowest BCUT2D eigenvalue weighted by Crippen LogP contribution is -2.26. The highest BCUT2D eigenvalue weighted by molar-refractivity contribution is 8.21. The van der Waals surface area contributed by atoms with Crippen molar-refractivity contribution in [3.8, 4) is 5.75 Å². The first-order valence-electron chi connectivity index (χ1n) is 10.0. The summed E-state index contributed by atoms with van der Waals surface area (Å²) in [6.45, 7) is 2.53. The van der Waals surface area contributed by atoms with Crippen molar-refractivity contribution >= 4 is 58.0 Å². The van der Waals surface area contributed by atoms with Gasteiger partial charge in [-0.2, -0.15) is 5.10 Å². The number of carbonyl (C=O) groups is 1. The molecule has 0 aliphatic carbocycles. The third-order valence-corrected chi connectivity index (χ3v) is 8.54. The molecule has 31 heavy (non-hydrogen) atoms. The van der Waals surface area contributed by atoms with Crippen LogP contribution in [0.2, 0.25) is 5.02 Å². The zero-order valence-electron chi connectivity index (χ0n) is 17.1. The number of ether oxygens (including phenoxy) is 1. The maximum absolute atomic E-state index is 12.4. The van der Waals surface area contributed by atoms with E-state index in [9.17, 15) is 4.79 Å². The SMILES string of the molecule is CC1(CC(=O)NN=Cc2c(OCc3ccc(Cl)cc3)ccc3ccccc23)SCCS1. The number of halogens is 1. The van der Waals surface area contributed by atoms with Crippen LogP contribution in [0, 0.1) is 0 Å². The summed E-state index contributed by atoms with van der Waals surface area (Å²) >= 11 is 9.64. The first kappa shape index (κ1) is 22.1. The van der Waals surface area contributed by atoms with Gasteiger partial charge >= 0.3 is 0 Å². The van der Waals surface area contributed by atoms with Gasteiger partial charge in [0, 0.05) is 22.1 Å². The number of nitrogens with one attached hydrogen (secondary N) is 1. The monoisotopic (exact) mass is 470 g/mol. The summed E-state index contributed by atoms with van der Waals surface area (Å²) in [4.78, 5) is 12.4. The van der Waals surface area contributed by atoms with Crippen LogP contribution in [-0.4, -0.2) is 27.7 Å². The summed E-state index contributed by atoms with van der Waals surface area (Å²) in [7, 11) is 0.